The van der Waals surface area contributed by atoms with Crippen LogP contribution >= 0.6 is 11.6 Å². The maximum Gasteiger partial charge on any atom is 0.247 e. The van der Waals surface area contributed by atoms with Crippen molar-refractivity contribution in [1.29, 1.82) is 0 Å². The molecule has 0 aromatic heterocycles. The van der Waals surface area contributed by atoms with Gasteiger partial charge in [-0.15, -0.1) is 0 Å². The SMILES string of the molecule is CN(CC(=O)N(Cc1ccccc1)C(C(=O)NCc1ccccc1Cl)c1ccccc1)S(C)(=O)=O. The van der Waals surface area contributed by atoms with E-state index in [4.69, 9.17) is 11.6 Å². The molecule has 0 saturated carbocycles. The molecule has 3 aromatic rings. The summed E-state index contributed by atoms with van der Waals surface area (Å²) in [5, 5.41) is 3.42. The number of sulfonamides is 1. The van der Waals surface area contributed by atoms with Crippen molar-refractivity contribution in [2.75, 3.05) is 19.8 Å². The molecule has 0 heterocycles. The third-order valence-electron chi connectivity index (χ3n) is 5.53. The van der Waals surface area contributed by atoms with E-state index in [1.54, 1.807) is 36.4 Å². The smallest absolute Gasteiger partial charge is 0.247 e. The standard InChI is InChI=1S/C26H28ClN3O4S/c1-29(35(2,33)34)19-24(31)30(18-20-11-5-3-6-12-20)25(21-13-7-4-8-14-21)26(32)28-17-22-15-9-10-16-23(22)27/h3-16,25H,17-19H2,1-2H3,(H,28,32). The van der Waals surface area contributed by atoms with Crippen molar-refractivity contribution in [3.8, 4) is 0 Å². The fraction of sp³-hybridized carbons (Fsp3) is 0.231. The number of carbonyl (C=O) groups excluding carboxylic acids is 2. The van der Waals surface area contributed by atoms with E-state index < -0.39 is 34.4 Å². The van der Waals surface area contributed by atoms with Crippen molar-refractivity contribution in [1.82, 2.24) is 14.5 Å². The molecule has 0 spiro atoms. The van der Waals surface area contributed by atoms with Gasteiger partial charge in [0.25, 0.3) is 0 Å². The van der Waals surface area contributed by atoms with E-state index in [2.05, 4.69) is 5.32 Å². The summed E-state index contributed by atoms with van der Waals surface area (Å²) < 4.78 is 24.9. The van der Waals surface area contributed by atoms with Gasteiger partial charge in [-0.05, 0) is 22.8 Å². The van der Waals surface area contributed by atoms with Crippen molar-refractivity contribution >= 4 is 33.4 Å². The van der Waals surface area contributed by atoms with Crippen LogP contribution in [0.2, 0.25) is 5.02 Å². The van der Waals surface area contributed by atoms with E-state index in [0.717, 1.165) is 21.7 Å². The second-order valence-electron chi connectivity index (χ2n) is 8.15. The molecule has 0 saturated heterocycles. The van der Waals surface area contributed by atoms with E-state index in [-0.39, 0.29) is 13.1 Å². The van der Waals surface area contributed by atoms with Gasteiger partial charge in [-0.3, -0.25) is 9.59 Å². The van der Waals surface area contributed by atoms with E-state index >= 15 is 0 Å². The highest BCUT2D eigenvalue weighted by atomic mass is 35.5. The molecule has 0 aliphatic heterocycles. The van der Waals surface area contributed by atoms with E-state index in [9.17, 15) is 18.0 Å². The highest BCUT2D eigenvalue weighted by Gasteiger charge is 2.32. The fourth-order valence-corrected chi connectivity index (χ4v) is 4.08. The molecule has 3 aromatic carbocycles. The van der Waals surface area contributed by atoms with Gasteiger partial charge >= 0.3 is 0 Å². The van der Waals surface area contributed by atoms with Crippen LogP contribution in [0.25, 0.3) is 0 Å². The fourth-order valence-electron chi connectivity index (χ4n) is 3.53. The van der Waals surface area contributed by atoms with Crippen LogP contribution in [-0.4, -0.2) is 49.3 Å². The van der Waals surface area contributed by atoms with E-state index in [1.165, 1.54) is 11.9 Å². The predicted octanol–water partition coefficient (Wildman–Crippen LogP) is 3.62. The number of benzene rings is 3. The lowest BCUT2D eigenvalue weighted by atomic mass is 10.0. The van der Waals surface area contributed by atoms with Crippen molar-refractivity contribution in [2.24, 2.45) is 0 Å². The highest BCUT2D eigenvalue weighted by Crippen LogP contribution is 2.25. The Hall–Kier alpha value is -3.20. The van der Waals surface area contributed by atoms with Crippen LogP contribution in [0.5, 0.6) is 0 Å². The first-order valence-electron chi connectivity index (χ1n) is 11.0. The summed E-state index contributed by atoms with van der Waals surface area (Å²) in [6.45, 7) is -0.0956. The van der Waals surface area contributed by atoms with Crippen LogP contribution in [0.1, 0.15) is 22.7 Å². The highest BCUT2D eigenvalue weighted by molar-refractivity contribution is 7.88. The van der Waals surface area contributed by atoms with Crippen LogP contribution in [-0.2, 0) is 32.7 Å². The number of halogens is 1. The number of likely N-dealkylation sites (N-methyl/N-ethyl adjacent to an activating group) is 1. The molecule has 1 N–H and O–H groups in total. The van der Waals surface area contributed by atoms with E-state index in [0.29, 0.717) is 10.6 Å². The summed E-state index contributed by atoms with van der Waals surface area (Å²) in [6.07, 6.45) is 1.03. The van der Waals surface area contributed by atoms with E-state index in [1.807, 2.05) is 48.5 Å². The van der Waals surface area contributed by atoms with Gasteiger partial charge in [-0.1, -0.05) is 90.5 Å². The zero-order chi connectivity index (χ0) is 25.4. The number of nitrogens with one attached hydrogen (secondary N) is 1. The monoisotopic (exact) mass is 513 g/mol. The van der Waals surface area contributed by atoms with Gasteiger partial charge in [0, 0.05) is 25.2 Å². The largest absolute Gasteiger partial charge is 0.350 e. The van der Waals surface area contributed by atoms with Crippen LogP contribution in [0.4, 0.5) is 0 Å². The molecular formula is C26H28ClN3O4S. The predicted molar refractivity (Wildman–Crippen MR) is 137 cm³/mol. The number of hydrogen-bond acceptors (Lipinski definition) is 4. The maximum absolute atomic E-state index is 13.6. The van der Waals surface area contributed by atoms with Gasteiger partial charge in [-0.25, -0.2) is 8.42 Å². The molecule has 0 aliphatic rings. The lowest BCUT2D eigenvalue weighted by Crippen LogP contribution is -2.47. The third kappa shape index (κ3) is 7.39. The molecule has 0 radical (unpaired) electrons. The molecule has 1 unspecified atom stereocenters. The van der Waals surface area contributed by atoms with Crippen molar-refractivity contribution in [3.63, 3.8) is 0 Å². The van der Waals surface area contributed by atoms with Crippen LogP contribution in [0, 0.1) is 0 Å². The van der Waals surface area contributed by atoms with Gasteiger partial charge in [0.15, 0.2) is 0 Å². The topological polar surface area (TPSA) is 86.8 Å². The third-order valence-corrected chi connectivity index (χ3v) is 7.16. The van der Waals surface area contributed by atoms with Crippen LogP contribution in [0.3, 0.4) is 0 Å². The van der Waals surface area contributed by atoms with Crippen LogP contribution in [0.15, 0.2) is 84.9 Å². The van der Waals surface area contributed by atoms with Crippen molar-refractivity contribution in [2.45, 2.75) is 19.1 Å². The van der Waals surface area contributed by atoms with Gasteiger partial charge in [0.2, 0.25) is 21.8 Å². The second kappa shape index (κ2) is 12.0. The van der Waals surface area contributed by atoms with Crippen molar-refractivity contribution < 1.29 is 18.0 Å². The molecule has 184 valence electrons. The minimum absolute atomic E-state index is 0.121. The maximum atomic E-state index is 13.6. The summed E-state index contributed by atoms with van der Waals surface area (Å²) in [7, 11) is -2.26. The van der Waals surface area contributed by atoms with Gasteiger partial charge in [0.05, 0.1) is 12.8 Å². The molecular weight excluding hydrogens is 486 g/mol. The zero-order valence-electron chi connectivity index (χ0n) is 19.6. The quantitative estimate of drug-likeness (QED) is 0.448. The first kappa shape index (κ1) is 26.4. The molecule has 0 fully saturated rings. The minimum atomic E-state index is -3.60. The Labute approximate surface area is 211 Å². The Morgan fingerprint density at radius 2 is 1.49 bits per heavy atom. The second-order valence-corrected chi connectivity index (χ2v) is 10.6. The Morgan fingerprint density at radius 3 is 2.09 bits per heavy atom. The molecule has 3 rings (SSSR count). The van der Waals surface area contributed by atoms with Gasteiger partial charge in [-0.2, -0.15) is 4.31 Å². The summed E-state index contributed by atoms with van der Waals surface area (Å²) >= 11 is 6.25. The number of amides is 2. The average molecular weight is 514 g/mol. The number of rotatable bonds is 10. The summed E-state index contributed by atoms with van der Waals surface area (Å²) in [4.78, 5) is 28.4. The summed E-state index contributed by atoms with van der Waals surface area (Å²) in [5.74, 6) is -0.897. The van der Waals surface area contributed by atoms with Gasteiger partial charge in [0.1, 0.15) is 6.04 Å². The molecule has 0 bridgehead atoms. The number of hydrogen-bond donors (Lipinski definition) is 1. The molecule has 0 aliphatic carbocycles. The Morgan fingerprint density at radius 1 is 0.914 bits per heavy atom. The zero-order valence-corrected chi connectivity index (χ0v) is 21.2. The molecule has 35 heavy (non-hydrogen) atoms. The minimum Gasteiger partial charge on any atom is -0.350 e. The molecule has 2 amide bonds. The van der Waals surface area contributed by atoms with Crippen LogP contribution < -0.4 is 5.32 Å². The Balaban J connectivity index is 1.97. The van der Waals surface area contributed by atoms with Crippen molar-refractivity contribution in [3.05, 3.63) is 107 Å². The summed E-state index contributed by atoms with van der Waals surface area (Å²) in [5.41, 5.74) is 2.16. The molecule has 1 atom stereocenters. The Bertz CT molecular complexity index is 1250. The summed E-state index contributed by atoms with van der Waals surface area (Å²) in [6, 6.07) is 24.4. The number of carbonyl (C=O) groups is 2. The lowest BCUT2D eigenvalue weighted by molar-refractivity contribution is -0.141. The lowest BCUT2D eigenvalue weighted by Gasteiger charge is -2.32. The Kier molecular flexibility index (Phi) is 9.03. The van der Waals surface area contributed by atoms with Gasteiger partial charge < -0.3 is 10.2 Å². The first-order chi connectivity index (χ1) is 16.7. The number of nitrogens with zero attached hydrogens (tertiary/aromatic N) is 2. The average Bonchev–Trinajstić information content (AvgIpc) is 2.84. The molecule has 9 heteroatoms. The first-order valence-corrected chi connectivity index (χ1v) is 13.2. The molecule has 7 nitrogen and oxygen atoms in total. The normalized spacial score (nSPS) is 12.2.